The zero-order valence-electron chi connectivity index (χ0n) is 13.1. The van der Waals surface area contributed by atoms with Crippen LogP contribution in [0.25, 0.3) is 16.9 Å². The van der Waals surface area contributed by atoms with Gasteiger partial charge in [0, 0.05) is 12.4 Å². The van der Waals surface area contributed by atoms with E-state index in [2.05, 4.69) is 15.1 Å². The van der Waals surface area contributed by atoms with Gasteiger partial charge in [0.15, 0.2) is 0 Å². The van der Waals surface area contributed by atoms with Gasteiger partial charge in [-0.05, 0) is 18.4 Å². The van der Waals surface area contributed by atoms with Crippen LogP contribution in [-0.4, -0.2) is 26.0 Å². The summed E-state index contributed by atoms with van der Waals surface area (Å²) in [5.74, 6) is 0.137. The van der Waals surface area contributed by atoms with E-state index < -0.39 is 11.7 Å². The van der Waals surface area contributed by atoms with E-state index in [9.17, 15) is 13.2 Å². The molecule has 3 rings (SSSR count). The van der Waals surface area contributed by atoms with Gasteiger partial charge in [-0.1, -0.05) is 23.2 Å². The highest BCUT2D eigenvalue weighted by molar-refractivity contribution is 7.98. The van der Waals surface area contributed by atoms with Gasteiger partial charge in [0.05, 0.1) is 33.1 Å². The maximum Gasteiger partial charge on any atom is 0.416 e. The summed E-state index contributed by atoms with van der Waals surface area (Å²) in [6, 6.07) is 1.56. The molecule has 0 saturated carbocycles. The highest BCUT2D eigenvalue weighted by Gasteiger charge is 2.33. The molecule has 0 radical (unpaired) electrons. The number of aromatic nitrogens is 4. The fourth-order valence-electron chi connectivity index (χ4n) is 2.32. The topological polar surface area (TPSA) is 69.6 Å². The van der Waals surface area contributed by atoms with Crippen molar-refractivity contribution < 1.29 is 13.2 Å². The molecule has 0 fully saturated rings. The van der Waals surface area contributed by atoms with Crippen LogP contribution in [0.5, 0.6) is 0 Å². The Kier molecular flexibility index (Phi) is 5.05. The Labute approximate surface area is 160 Å². The van der Waals surface area contributed by atoms with Crippen molar-refractivity contribution in [1.29, 1.82) is 0 Å². The maximum absolute atomic E-state index is 12.9. The van der Waals surface area contributed by atoms with E-state index in [1.807, 2.05) is 0 Å². The summed E-state index contributed by atoms with van der Waals surface area (Å²) in [5.41, 5.74) is 6.26. The number of anilines is 1. The van der Waals surface area contributed by atoms with Crippen LogP contribution in [0.15, 0.2) is 35.7 Å². The third kappa shape index (κ3) is 3.34. The van der Waals surface area contributed by atoms with Crippen LogP contribution >= 0.6 is 35.0 Å². The van der Waals surface area contributed by atoms with Gasteiger partial charge >= 0.3 is 6.18 Å². The predicted octanol–water partition coefficient (Wildman–Crippen LogP) is 4.96. The Morgan fingerprint density at radius 3 is 2.31 bits per heavy atom. The van der Waals surface area contributed by atoms with E-state index >= 15 is 0 Å². The molecule has 0 atom stereocenters. The van der Waals surface area contributed by atoms with Gasteiger partial charge in [-0.25, -0.2) is 4.68 Å². The molecule has 5 nitrogen and oxygen atoms in total. The van der Waals surface area contributed by atoms with Crippen molar-refractivity contribution in [1.82, 2.24) is 19.7 Å². The first-order chi connectivity index (χ1) is 12.2. The number of hydrogen-bond acceptors (Lipinski definition) is 5. The number of thioether (sulfide) groups is 1. The number of rotatable bonds is 3. The Bertz CT molecular complexity index is 937. The minimum Gasteiger partial charge on any atom is -0.383 e. The molecular formula is C15H10Cl2F3N5S. The van der Waals surface area contributed by atoms with Crippen LogP contribution in [-0.2, 0) is 6.18 Å². The third-order valence-corrected chi connectivity index (χ3v) is 4.71. The molecule has 0 amide bonds. The van der Waals surface area contributed by atoms with Crippen LogP contribution in [0, 0.1) is 0 Å². The average molecular weight is 420 g/mol. The van der Waals surface area contributed by atoms with E-state index in [4.69, 9.17) is 28.9 Å². The smallest absolute Gasteiger partial charge is 0.383 e. The lowest BCUT2D eigenvalue weighted by atomic mass is 10.2. The lowest BCUT2D eigenvalue weighted by molar-refractivity contribution is -0.137. The molecule has 0 aliphatic carbocycles. The monoisotopic (exact) mass is 419 g/mol. The quantitative estimate of drug-likeness (QED) is 0.607. The fraction of sp³-hybridized carbons (Fsp3) is 0.133. The molecule has 0 unspecified atom stereocenters. The normalized spacial score (nSPS) is 11.8. The van der Waals surface area contributed by atoms with Gasteiger partial charge in [0.25, 0.3) is 0 Å². The van der Waals surface area contributed by atoms with Gasteiger partial charge < -0.3 is 5.73 Å². The molecule has 2 N–H and O–H groups in total. The summed E-state index contributed by atoms with van der Waals surface area (Å²) in [5, 5.41) is 4.39. The zero-order valence-corrected chi connectivity index (χ0v) is 15.4. The number of nitrogen functional groups attached to an aromatic ring is 1. The molecule has 2 aromatic heterocycles. The third-order valence-electron chi connectivity index (χ3n) is 3.46. The summed E-state index contributed by atoms with van der Waals surface area (Å²) in [6.45, 7) is 0. The number of nitrogens with two attached hydrogens (primary N) is 1. The summed E-state index contributed by atoms with van der Waals surface area (Å²) in [7, 11) is 0. The predicted molar refractivity (Wildman–Crippen MR) is 95.8 cm³/mol. The zero-order chi connectivity index (χ0) is 19.1. The summed E-state index contributed by atoms with van der Waals surface area (Å²) < 4.78 is 40.0. The minimum atomic E-state index is -4.57. The van der Waals surface area contributed by atoms with Crippen molar-refractivity contribution in [2.24, 2.45) is 0 Å². The molecule has 0 saturated heterocycles. The fourth-order valence-corrected chi connectivity index (χ4v) is 3.55. The van der Waals surface area contributed by atoms with E-state index in [-0.39, 0.29) is 21.6 Å². The molecule has 3 aromatic rings. The molecule has 0 bridgehead atoms. The number of alkyl halides is 3. The second-order valence-electron chi connectivity index (χ2n) is 5.06. The molecule has 0 spiro atoms. The molecule has 0 aliphatic rings. The average Bonchev–Trinajstić information content (AvgIpc) is 2.91. The molecule has 136 valence electrons. The number of hydrogen-bond donors (Lipinski definition) is 1. The van der Waals surface area contributed by atoms with Crippen molar-refractivity contribution in [3.63, 3.8) is 0 Å². The van der Waals surface area contributed by atoms with Gasteiger partial charge in [-0.15, -0.1) is 11.8 Å². The SMILES string of the molecule is CSc1nn(-c2c(Cl)cc(C(F)(F)F)cc2Cl)c(N)c1-c1cnccn1. The first-order valence-corrected chi connectivity index (χ1v) is 8.97. The number of halogens is 5. The maximum atomic E-state index is 12.9. The Morgan fingerprint density at radius 2 is 1.81 bits per heavy atom. The summed E-state index contributed by atoms with van der Waals surface area (Å²) >= 11 is 13.4. The molecule has 0 aliphatic heterocycles. The second kappa shape index (κ2) is 6.98. The summed E-state index contributed by atoms with van der Waals surface area (Å²) in [6.07, 6.45) is 1.72. The Morgan fingerprint density at radius 1 is 1.15 bits per heavy atom. The van der Waals surface area contributed by atoms with Crippen LogP contribution in [0.1, 0.15) is 5.56 Å². The van der Waals surface area contributed by atoms with Crippen molar-refractivity contribution >= 4 is 40.8 Å². The van der Waals surface area contributed by atoms with Crippen LogP contribution in [0.2, 0.25) is 10.0 Å². The van der Waals surface area contributed by atoms with Crippen LogP contribution in [0.3, 0.4) is 0 Å². The first-order valence-electron chi connectivity index (χ1n) is 6.99. The Hall–Kier alpha value is -1.97. The van der Waals surface area contributed by atoms with E-state index in [0.29, 0.717) is 16.3 Å². The highest BCUT2D eigenvalue weighted by atomic mass is 35.5. The largest absolute Gasteiger partial charge is 0.416 e. The minimum absolute atomic E-state index is 0.0595. The molecule has 26 heavy (non-hydrogen) atoms. The van der Waals surface area contributed by atoms with Crippen molar-refractivity contribution in [2.45, 2.75) is 11.2 Å². The molecule has 1 aromatic carbocycles. The lowest BCUT2D eigenvalue weighted by Gasteiger charge is -2.13. The highest BCUT2D eigenvalue weighted by Crippen LogP contribution is 2.41. The van der Waals surface area contributed by atoms with Crippen LogP contribution < -0.4 is 5.73 Å². The molecular weight excluding hydrogens is 410 g/mol. The molecule has 11 heteroatoms. The summed E-state index contributed by atoms with van der Waals surface area (Å²) in [4.78, 5) is 8.18. The van der Waals surface area contributed by atoms with Gasteiger partial charge in [-0.3, -0.25) is 9.97 Å². The Balaban J connectivity index is 2.22. The van der Waals surface area contributed by atoms with E-state index in [1.165, 1.54) is 35.0 Å². The van der Waals surface area contributed by atoms with Crippen molar-refractivity contribution in [2.75, 3.05) is 12.0 Å². The number of nitrogens with zero attached hydrogens (tertiary/aromatic N) is 4. The van der Waals surface area contributed by atoms with Gasteiger partial charge in [0.2, 0.25) is 0 Å². The first kappa shape index (κ1) is 18.8. The van der Waals surface area contributed by atoms with E-state index in [1.54, 1.807) is 6.26 Å². The van der Waals surface area contributed by atoms with Crippen LogP contribution in [0.4, 0.5) is 19.0 Å². The number of benzene rings is 1. The molecule has 2 heterocycles. The second-order valence-corrected chi connectivity index (χ2v) is 6.67. The lowest BCUT2D eigenvalue weighted by Crippen LogP contribution is -2.08. The van der Waals surface area contributed by atoms with Gasteiger partial charge in [-0.2, -0.15) is 18.3 Å². The van der Waals surface area contributed by atoms with E-state index in [0.717, 1.165) is 12.1 Å². The standard InChI is InChI=1S/C15H10Cl2F3N5S/c1-26-14-11(10-6-22-2-3-23-10)13(21)25(24-14)12-8(16)4-7(5-9(12)17)15(18,19)20/h2-6H,21H2,1H3. The van der Waals surface area contributed by atoms with Crippen molar-refractivity contribution in [3.8, 4) is 16.9 Å². The van der Waals surface area contributed by atoms with Gasteiger partial charge in [0.1, 0.15) is 16.5 Å². The van der Waals surface area contributed by atoms with Crippen molar-refractivity contribution in [3.05, 3.63) is 46.3 Å².